The number of nitrogens with zero attached hydrogens (tertiary/aromatic N) is 1. The molecule has 0 atom stereocenters. The fraction of sp³-hybridized carbons (Fsp3) is 0.214. The number of carbonyl (C=O) groups is 1. The molecule has 0 unspecified atom stereocenters. The van der Waals surface area contributed by atoms with Gasteiger partial charge in [-0.1, -0.05) is 0 Å². The minimum atomic E-state index is -0.309. The van der Waals surface area contributed by atoms with E-state index in [2.05, 4.69) is 15.9 Å². The van der Waals surface area contributed by atoms with E-state index in [1.165, 1.54) is 6.07 Å². The molecular weight excluding hydrogens is 297 g/mol. The maximum Gasteiger partial charge on any atom is 0.151 e. The van der Waals surface area contributed by atoms with Crippen LogP contribution in [0.4, 0.5) is 4.39 Å². The van der Waals surface area contributed by atoms with Gasteiger partial charge in [0.1, 0.15) is 5.82 Å². The average molecular weight is 310 g/mol. The number of rotatable bonds is 2. The Kier molecular flexibility index (Phi) is 3.39. The lowest BCUT2D eigenvalue weighted by molar-refractivity contribution is 0.112. The van der Waals surface area contributed by atoms with Gasteiger partial charge < -0.3 is 4.57 Å². The molecule has 0 aliphatic carbocycles. The molecule has 94 valence electrons. The van der Waals surface area contributed by atoms with E-state index >= 15 is 0 Å². The van der Waals surface area contributed by atoms with Gasteiger partial charge in [0.15, 0.2) is 6.29 Å². The van der Waals surface area contributed by atoms with Crippen molar-refractivity contribution in [1.82, 2.24) is 4.57 Å². The Hall–Kier alpha value is -1.42. The molecule has 0 radical (unpaired) electrons. The van der Waals surface area contributed by atoms with Crippen molar-refractivity contribution in [2.24, 2.45) is 0 Å². The Labute approximate surface area is 114 Å². The zero-order chi connectivity index (χ0) is 13.4. The highest BCUT2D eigenvalue weighted by Crippen LogP contribution is 2.27. The number of aryl methyl sites for hydroxylation is 2. The van der Waals surface area contributed by atoms with E-state index < -0.39 is 0 Å². The molecular formula is C14H13BrFNO. The fourth-order valence-corrected chi connectivity index (χ4v) is 2.61. The third kappa shape index (κ3) is 2.01. The number of aromatic nitrogens is 1. The predicted octanol–water partition coefficient (Wildman–Crippen LogP) is 4.12. The van der Waals surface area contributed by atoms with Crippen LogP contribution in [-0.4, -0.2) is 10.9 Å². The molecule has 0 aliphatic heterocycles. The topological polar surface area (TPSA) is 22.0 Å². The van der Waals surface area contributed by atoms with E-state index in [0.29, 0.717) is 10.0 Å². The van der Waals surface area contributed by atoms with Crippen LogP contribution in [0, 0.1) is 26.6 Å². The molecule has 2 aromatic rings. The number of halogens is 2. The van der Waals surface area contributed by atoms with E-state index in [-0.39, 0.29) is 5.82 Å². The molecule has 0 bridgehead atoms. The summed E-state index contributed by atoms with van der Waals surface area (Å²) in [6, 6.07) is 5.03. The van der Waals surface area contributed by atoms with E-state index in [4.69, 9.17) is 0 Å². The van der Waals surface area contributed by atoms with Gasteiger partial charge in [-0.25, -0.2) is 4.39 Å². The number of aldehydes is 1. The normalized spacial score (nSPS) is 10.7. The maximum absolute atomic E-state index is 13.7. The van der Waals surface area contributed by atoms with Crippen molar-refractivity contribution in [1.29, 1.82) is 0 Å². The van der Waals surface area contributed by atoms with Gasteiger partial charge in [-0.05, 0) is 60.5 Å². The molecule has 0 amide bonds. The molecule has 0 fully saturated rings. The first-order valence-corrected chi connectivity index (χ1v) is 6.35. The van der Waals surface area contributed by atoms with Crippen LogP contribution in [0.5, 0.6) is 0 Å². The van der Waals surface area contributed by atoms with Crippen LogP contribution < -0.4 is 0 Å². The predicted molar refractivity (Wildman–Crippen MR) is 73.0 cm³/mol. The molecule has 0 N–H and O–H groups in total. The van der Waals surface area contributed by atoms with Gasteiger partial charge >= 0.3 is 0 Å². The number of carbonyl (C=O) groups excluding carboxylic acids is 1. The van der Waals surface area contributed by atoms with Crippen molar-refractivity contribution < 1.29 is 9.18 Å². The summed E-state index contributed by atoms with van der Waals surface area (Å²) in [6.45, 7) is 5.68. The number of hydrogen-bond donors (Lipinski definition) is 0. The van der Waals surface area contributed by atoms with Gasteiger partial charge in [-0.15, -0.1) is 0 Å². The summed E-state index contributed by atoms with van der Waals surface area (Å²) in [6.07, 6.45) is 0.823. The van der Waals surface area contributed by atoms with Gasteiger partial charge in [0.25, 0.3) is 0 Å². The summed E-state index contributed by atoms with van der Waals surface area (Å²) in [5.74, 6) is -0.309. The van der Waals surface area contributed by atoms with Gasteiger partial charge in [0, 0.05) is 17.0 Å². The summed E-state index contributed by atoms with van der Waals surface area (Å²) >= 11 is 3.17. The Morgan fingerprint density at radius 3 is 2.44 bits per heavy atom. The minimum Gasteiger partial charge on any atom is -0.317 e. The van der Waals surface area contributed by atoms with E-state index in [0.717, 1.165) is 28.9 Å². The van der Waals surface area contributed by atoms with E-state index in [1.54, 1.807) is 6.07 Å². The minimum absolute atomic E-state index is 0.309. The molecule has 1 aromatic heterocycles. The summed E-state index contributed by atoms with van der Waals surface area (Å²) in [5, 5.41) is 0. The van der Waals surface area contributed by atoms with Crippen molar-refractivity contribution >= 4 is 22.2 Å². The first kappa shape index (κ1) is 13.0. The largest absolute Gasteiger partial charge is 0.317 e. The Morgan fingerprint density at radius 2 is 1.89 bits per heavy atom. The van der Waals surface area contributed by atoms with Crippen LogP contribution in [0.1, 0.15) is 27.3 Å². The highest BCUT2D eigenvalue weighted by Gasteiger charge is 2.13. The zero-order valence-electron chi connectivity index (χ0n) is 10.4. The van der Waals surface area contributed by atoms with Gasteiger partial charge in [-0.2, -0.15) is 0 Å². The highest BCUT2D eigenvalue weighted by atomic mass is 79.9. The Morgan fingerprint density at radius 1 is 1.22 bits per heavy atom. The number of benzene rings is 1. The SMILES string of the molecule is Cc1cc(Br)c(F)cc1-n1c(C)cc(C=O)c1C. The second-order valence-electron chi connectivity index (χ2n) is 4.33. The molecule has 2 nitrogen and oxygen atoms in total. The lowest BCUT2D eigenvalue weighted by Crippen LogP contribution is -2.03. The van der Waals surface area contributed by atoms with Crippen LogP contribution in [0.15, 0.2) is 22.7 Å². The monoisotopic (exact) mass is 309 g/mol. The molecule has 4 heteroatoms. The smallest absolute Gasteiger partial charge is 0.151 e. The van der Waals surface area contributed by atoms with Crippen molar-refractivity contribution in [3.8, 4) is 5.69 Å². The van der Waals surface area contributed by atoms with Crippen LogP contribution in [0.3, 0.4) is 0 Å². The van der Waals surface area contributed by atoms with Crippen molar-refractivity contribution in [3.63, 3.8) is 0 Å². The van der Waals surface area contributed by atoms with Crippen LogP contribution >= 0.6 is 15.9 Å². The van der Waals surface area contributed by atoms with Gasteiger partial charge in [-0.3, -0.25) is 4.79 Å². The first-order chi connectivity index (χ1) is 8.45. The molecule has 0 spiro atoms. The molecule has 1 aromatic carbocycles. The van der Waals surface area contributed by atoms with Gasteiger partial charge in [0.05, 0.1) is 10.2 Å². The standard InChI is InChI=1S/C14H13BrFNO/c1-8-4-12(15)13(16)6-14(8)17-9(2)5-11(7-18)10(17)3/h4-7H,1-3H3. The number of hydrogen-bond acceptors (Lipinski definition) is 1. The average Bonchev–Trinajstić information content (AvgIpc) is 2.59. The molecule has 2 rings (SSSR count). The molecule has 1 heterocycles. The van der Waals surface area contributed by atoms with Crippen LogP contribution in [0.2, 0.25) is 0 Å². The summed E-state index contributed by atoms with van der Waals surface area (Å²) in [5.41, 5.74) is 4.09. The van der Waals surface area contributed by atoms with Crippen LogP contribution in [-0.2, 0) is 0 Å². The third-order valence-corrected chi connectivity index (χ3v) is 3.68. The second kappa shape index (κ2) is 4.69. The Balaban J connectivity index is 2.73. The Bertz CT molecular complexity index is 631. The summed E-state index contributed by atoms with van der Waals surface area (Å²) in [7, 11) is 0. The first-order valence-electron chi connectivity index (χ1n) is 5.56. The molecule has 0 saturated heterocycles. The third-order valence-electron chi connectivity index (χ3n) is 3.08. The molecule has 0 saturated carbocycles. The quantitative estimate of drug-likeness (QED) is 0.765. The zero-order valence-corrected chi connectivity index (χ0v) is 12.0. The van der Waals surface area contributed by atoms with E-state index in [1.807, 2.05) is 31.4 Å². The summed E-state index contributed by atoms with van der Waals surface area (Å²) in [4.78, 5) is 10.9. The maximum atomic E-state index is 13.7. The van der Waals surface area contributed by atoms with Gasteiger partial charge in [0.2, 0.25) is 0 Å². The van der Waals surface area contributed by atoms with Crippen LogP contribution in [0.25, 0.3) is 5.69 Å². The summed E-state index contributed by atoms with van der Waals surface area (Å²) < 4.78 is 16.0. The van der Waals surface area contributed by atoms with Crippen molar-refractivity contribution in [2.75, 3.05) is 0 Å². The lowest BCUT2D eigenvalue weighted by atomic mass is 10.2. The fourth-order valence-electron chi connectivity index (χ4n) is 2.15. The lowest BCUT2D eigenvalue weighted by Gasteiger charge is -2.13. The van der Waals surface area contributed by atoms with E-state index in [9.17, 15) is 9.18 Å². The highest BCUT2D eigenvalue weighted by molar-refractivity contribution is 9.10. The van der Waals surface area contributed by atoms with Crippen molar-refractivity contribution in [3.05, 3.63) is 51.0 Å². The second-order valence-corrected chi connectivity index (χ2v) is 5.19. The van der Waals surface area contributed by atoms with Crippen molar-refractivity contribution in [2.45, 2.75) is 20.8 Å². The molecule has 0 aliphatic rings. The molecule has 18 heavy (non-hydrogen) atoms.